The third kappa shape index (κ3) is 4.37. The number of nitriles is 1. The molecule has 8 nitrogen and oxygen atoms in total. The second-order valence-corrected chi connectivity index (χ2v) is 7.38. The van der Waals surface area contributed by atoms with Crippen molar-refractivity contribution >= 4 is 27.3 Å². The second-order valence-electron chi connectivity index (χ2n) is 5.80. The van der Waals surface area contributed by atoms with Crippen LogP contribution >= 0.6 is 0 Å². The zero-order chi connectivity index (χ0) is 21.3. The van der Waals surface area contributed by atoms with Gasteiger partial charge in [-0.25, -0.2) is 18.2 Å². The molecular formula is C16H14F3N5O3S. The number of hydrogen-bond acceptors (Lipinski definition) is 5. The van der Waals surface area contributed by atoms with E-state index >= 15 is 0 Å². The van der Waals surface area contributed by atoms with E-state index in [1.165, 1.54) is 25.4 Å². The average Bonchev–Trinajstić information content (AvgIpc) is 2.89. The van der Waals surface area contributed by atoms with Crippen LogP contribution in [0.1, 0.15) is 30.0 Å². The first-order valence-corrected chi connectivity index (χ1v) is 9.03. The van der Waals surface area contributed by atoms with E-state index in [0.717, 1.165) is 17.7 Å². The minimum absolute atomic E-state index is 0.00118. The summed E-state index contributed by atoms with van der Waals surface area (Å²) in [5.41, 5.74) is -1.56. The lowest BCUT2D eigenvalue weighted by atomic mass is 10.3. The van der Waals surface area contributed by atoms with Gasteiger partial charge in [-0.15, -0.1) is 0 Å². The van der Waals surface area contributed by atoms with E-state index in [9.17, 15) is 26.4 Å². The summed E-state index contributed by atoms with van der Waals surface area (Å²) in [5, 5.41) is 11.1. The summed E-state index contributed by atoms with van der Waals surface area (Å²) in [6.07, 6.45) is 2.01. The summed E-state index contributed by atoms with van der Waals surface area (Å²) < 4.78 is 69.2. The van der Waals surface area contributed by atoms with Crippen molar-refractivity contribution in [2.75, 3.05) is 5.32 Å². The van der Waals surface area contributed by atoms with Crippen LogP contribution < -0.4 is 5.32 Å². The number of sulfonamides is 1. The van der Waals surface area contributed by atoms with E-state index < -0.39 is 44.0 Å². The van der Waals surface area contributed by atoms with Crippen LogP contribution in [0.15, 0.2) is 33.8 Å². The van der Waals surface area contributed by atoms with Gasteiger partial charge in [0.25, 0.3) is 21.9 Å². The number of aromatic nitrogens is 2. The number of amides is 1. The fraction of sp³-hybridized carbons (Fsp3) is 0.250. The van der Waals surface area contributed by atoms with Gasteiger partial charge in [0.2, 0.25) is 0 Å². The third-order valence-corrected chi connectivity index (χ3v) is 4.96. The van der Waals surface area contributed by atoms with Crippen molar-refractivity contribution in [3.05, 3.63) is 41.7 Å². The van der Waals surface area contributed by atoms with E-state index in [2.05, 4.69) is 14.7 Å². The lowest BCUT2D eigenvalue weighted by molar-refractivity contribution is 0.0996. The number of alkyl halides is 2. The summed E-state index contributed by atoms with van der Waals surface area (Å²) in [4.78, 5) is 15.0. The molecule has 1 amide bonds. The summed E-state index contributed by atoms with van der Waals surface area (Å²) in [6, 6.07) is 4.33. The Bertz CT molecular complexity index is 1110. The predicted octanol–water partition coefficient (Wildman–Crippen LogP) is 2.49. The standard InChI is InChI=1S/C16H14F3N5O3S/c1-9(16(2,18)19)23-28(26,27)12-8-24(3)14(13(12)17)15(25)22-10-4-5-21-11(6-10)7-20/h4-6,8H,1-3H3,(H,21,22,25)/b23-9+. The van der Waals surface area contributed by atoms with Crippen LogP contribution in [0.4, 0.5) is 18.9 Å². The highest BCUT2D eigenvalue weighted by atomic mass is 32.2. The molecule has 0 aliphatic rings. The summed E-state index contributed by atoms with van der Waals surface area (Å²) in [5.74, 6) is -5.97. The van der Waals surface area contributed by atoms with Crippen molar-refractivity contribution < 1.29 is 26.4 Å². The number of aryl methyl sites for hydroxylation is 1. The van der Waals surface area contributed by atoms with Crippen LogP contribution in [-0.4, -0.2) is 35.5 Å². The number of hydrogen-bond donors (Lipinski definition) is 1. The molecule has 28 heavy (non-hydrogen) atoms. The molecule has 0 atom stereocenters. The Morgan fingerprint density at radius 1 is 1.43 bits per heavy atom. The monoisotopic (exact) mass is 413 g/mol. The van der Waals surface area contributed by atoms with Crippen molar-refractivity contribution in [1.29, 1.82) is 5.26 Å². The van der Waals surface area contributed by atoms with Crippen LogP contribution in [0.5, 0.6) is 0 Å². The van der Waals surface area contributed by atoms with Gasteiger partial charge < -0.3 is 9.88 Å². The Labute approximate surface area is 158 Å². The minimum Gasteiger partial charge on any atom is -0.343 e. The zero-order valence-corrected chi connectivity index (χ0v) is 15.7. The van der Waals surface area contributed by atoms with Gasteiger partial charge in [-0.3, -0.25) is 4.79 Å². The van der Waals surface area contributed by atoms with Crippen LogP contribution in [0, 0.1) is 17.1 Å². The van der Waals surface area contributed by atoms with Gasteiger partial charge in [0.05, 0.1) is 5.71 Å². The zero-order valence-electron chi connectivity index (χ0n) is 14.9. The Balaban J connectivity index is 2.43. The molecule has 0 aliphatic heterocycles. The van der Waals surface area contributed by atoms with Gasteiger partial charge in [0, 0.05) is 32.1 Å². The molecule has 12 heteroatoms. The van der Waals surface area contributed by atoms with Crippen LogP contribution in [0.3, 0.4) is 0 Å². The van der Waals surface area contributed by atoms with E-state index in [-0.39, 0.29) is 11.4 Å². The topological polar surface area (TPSA) is 117 Å². The first kappa shape index (κ1) is 21.1. The van der Waals surface area contributed by atoms with Crippen molar-refractivity contribution in [3.8, 4) is 6.07 Å². The van der Waals surface area contributed by atoms with Crippen LogP contribution in [0.2, 0.25) is 0 Å². The molecule has 0 saturated heterocycles. The van der Waals surface area contributed by atoms with E-state index in [1.54, 1.807) is 6.07 Å². The average molecular weight is 413 g/mol. The molecule has 2 aromatic rings. The van der Waals surface area contributed by atoms with Gasteiger partial charge >= 0.3 is 0 Å². The summed E-state index contributed by atoms with van der Waals surface area (Å²) >= 11 is 0. The fourth-order valence-corrected chi connectivity index (χ4v) is 3.31. The number of carbonyl (C=O) groups excluding carboxylic acids is 1. The molecule has 0 radical (unpaired) electrons. The lowest BCUT2D eigenvalue weighted by Gasteiger charge is -2.08. The van der Waals surface area contributed by atoms with Crippen molar-refractivity contribution in [1.82, 2.24) is 9.55 Å². The Morgan fingerprint density at radius 2 is 2.07 bits per heavy atom. The largest absolute Gasteiger partial charge is 0.343 e. The second kappa shape index (κ2) is 7.43. The van der Waals surface area contributed by atoms with Gasteiger partial charge in [-0.1, -0.05) is 0 Å². The first-order valence-electron chi connectivity index (χ1n) is 7.59. The van der Waals surface area contributed by atoms with Gasteiger partial charge in [0.1, 0.15) is 22.4 Å². The summed E-state index contributed by atoms with van der Waals surface area (Å²) in [7, 11) is -3.61. The smallest absolute Gasteiger partial charge is 0.286 e. The first-order chi connectivity index (χ1) is 12.9. The van der Waals surface area contributed by atoms with Crippen LogP contribution in [-0.2, 0) is 17.1 Å². The number of halogens is 3. The third-order valence-electron chi connectivity index (χ3n) is 3.61. The number of nitrogens with one attached hydrogen (secondary N) is 1. The van der Waals surface area contributed by atoms with Crippen molar-refractivity contribution in [3.63, 3.8) is 0 Å². The van der Waals surface area contributed by atoms with Gasteiger partial charge in [0.15, 0.2) is 5.82 Å². The molecule has 2 heterocycles. The molecule has 0 aliphatic carbocycles. The number of carbonyl (C=O) groups is 1. The van der Waals surface area contributed by atoms with E-state index in [1.807, 2.05) is 0 Å². The molecule has 0 fully saturated rings. The summed E-state index contributed by atoms with van der Waals surface area (Å²) in [6.45, 7) is 1.24. The molecule has 2 aromatic heterocycles. The minimum atomic E-state index is -4.81. The molecule has 0 saturated carbocycles. The molecule has 2 rings (SSSR count). The number of anilines is 1. The number of nitrogens with zero attached hydrogens (tertiary/aromatic N) is 4. The molecule has 0 aromatic carbocycles. The predicted molar refractivity (Wildman–Crippen MR) is 93.2 cm³/mol. The quantitative estimate of drug-likeness (QED) is 0.756. The molecule has 0 bridgehead atoms. The normalized spacial score (nSPS) is 12.5. The highest BCUT2D eigenvalue weighted by Crippen LogP contribution is 2.25. The number of pyridine rings is 1. The molecule has 0 unspecified atom stereocenters. The Morgan fingerprint density at radius 3 is 2.64 bits per heavy atom. The fourth-order valence-electron chi connectivity index (χ4n) is 2.08. The van der Waals surface area contributed by atoms with Crippen molar-refractivity contribution in [2.45, 2.75) is 24.7 Å². The molecule has 0 spiro atoms. The van der Waals surface area contributed by atoms with Gasteiger partial charge in [-0.2, -0.15) is 18.1 Å². The SMILES string of the molecule is C/C(=N\S(=O)(=O)c1cn(C)c(C(=O)Nc2ccnc(C#N)c2)c1F)C(C)(F)F. The number of rotatable bonds is 5. The molecular weight excluding hydrogens is 399 g/mol. The Kier molecular flexibility index (Phi) is 5.60. The van der Waals surface area contributed by atoms with Gasteiger partial charge in [-0.05, 0) is 19.1 Å². The maximum Gasteiger partial charge on any atom is 0.286 e. The lowest BCUT2D eigenvalue weighted by Crippen LogP contribution is -2.22. The Hall–Kier alpha value is -3.20. The maximum atomic E-state index is 14.7. The molecule has 148 valence electrons. The highest BCUT2D eigenvalue weighted by Gasteiger charge is 2.32. The molecule has 1 N–H and O–H groups in total. The van der Waals surface area contributed by atoms with Crippen molar-refractivity contribution in [2.24, 2.45) is 11.4 Å². The van der Waals surface area contributed by atoms with E-state index in [0.29, 0.717) is 6.92 Å². The maximum absolute atomic E-state index is 14.7. The van der Waals surface area contributed by atoms with E-state index in [4.69, 9.17) is 5.26 Å². The van der Waals surface area contributed by atoms with Crippen LogP contribution in [0.25, 0.3) is 0 Å². The highest BCUT2D eigenvalue weighted by molar-refractivity contribution is 7.90.